The zero-order chi connectivity index (χ0) is 18.8. The van der Waals surface area contributed by atoms with Crippen LogP contribution in [0.25, 0.3) is 21.7 Å². The SMILES string of the molecule is CCOC(=O)[C@@H]1CCCN(C(=O)Cc2coc3ccc4ccccc4c23)C1. The van der Waals surface area contributed by atoms with Crippen LogP contribution < -0.4 is 0 Å². The van der Waals surface area contributed by atoms with E-state index < -0.39 is 0 Å². The molecule has 2 heterocycles. The second kappa shape index (κ2) is 7.43. The monoisotopic (exact) mass is 365 g/mol. The second-order valence-electron chi connectivity index (χ2n) is 7.03. The number of carbonyl (C=O) groups is 2. The summed E-state index contributed by atoms with van der Waals surface area (Å²) in [5.41, 5.74) is 1.68. The Balaban J connectivity index is 1.56. The molecule has 0 spiro atoms. The molecule has 1 aliphatic rings. The van der Waals surface area contributed by atoms with E-state index in [0.717, 1.165) is 40.1 Å². The number of furan rings is 1. The van der Waals surface area contributed by atoms with E-state index in [1.54, 1.807) is 18.1 Å². The fraction of sp³-hybridized carbons (Fsp3) is 0.364. The number of hydrogen-bond donors (Lipinski definition) is 0. The van der Waals surface area contributed by atoms with Crippen molar-refractivity contribution in [3.05, 3.63) is 48.2 Å². The van der Waals surface area contributed by atoms with Gasteiger partial charge in [-0.1, -0.05) is 30.3 Å². The first-order valence-corrected chi connectivity index (χ1v) is 9.49. The zero-order valence-electron chi connectivity index (χ0n) is 15.4. The standard InChI is InChI=1S/C22H23NO4/c1-2-26-22(25)16-7-5-11-23(13-16)20(24)12-17-14-27-19-10-9-15-6-3-4-8-18(15)21(17)19/h3-4,6,8-10,14,16H,2,5,7,11-13H2,1H3/t16-/m1/s1. The van der Waals surface area contributed by atoms with Crippen LogP contribution in [-0.2, 0) is 20.7 Å². The summed E-state index contributed by atoms with van der Waals surface area (Å²) < 4.78 is 10.8. The van der Waals surface area contributed by atoms with Crippen molar-refractivity contribution in [2.45, 2.75) is 26.2 Å². The van der Waals surface area contributed by atoms with Crippen LogP contribution in [0.5, 0.6) is 0 Å². The highest BCUT2D eigenvalue weighted by Gasteiger charge is 2.29. The summed E-state index contributed by atoms with van der Waals surface area (Å²) in [6.07, 6.45) is 3.56. The molecule has 1 saturated heterocycles. The predicted molar refractivity (Wildman–Crippen MR) is 103 cm³/mol. The van der Waals surface area contributed by atoms with Crippen molar-refractivity contribution in [2.75, 3.05) is 19.7 Å². The lowest BCUT2D eigenvalue weighted by Gasteiger charge is -2.31. The van der Waals surface area contributed by atoms with Gasteiger partial charge in [0.25, 0.3) is 0 Å². The van der Waals surface area contributed by atoms with Crippen LogP contribution in [0, 0.1) is 5.92 Å². The predicted octanol–water partition coefficient (Wildman–Crippen LogP) is 3.93. The van der Waals surface area contributed by atoms with E-state index in [1.165, 1.54) is 0 Å². The summed E-state index contributed by atoms with van der Waals surface area (Å²) in [5, 5.41) is 3.22. The maximum absolute atomic E-state index is 12.9. The van der Waals surface area contributed by atoms with Gasteiger partial charge in [0.1, 0.15) is 5.58 Å². The topological polar surface area (TPSA) is 59.8 Å². The van der Waals surface area contributed by atoms with Gasteiger partial charge in [-0.2, -0.15) is 0 Å². The number of nitrogens with zero attached hydrogens (tertiary/aromatic N) is 1. The van der Waals surface area contributed by atoms with Gasteiger partial charge in [0.2, 0.25) is 5.91 Å². The molecule has 1 aromatic heterocycles. The number of carbonyl (C=O) groups excluding carboxylic acids is 2. The van der Waals surface area contributed by atoms with Gasteiger partial charge in [0.15, 0.2) is 0 Å². The molecule has 0 bridgehead atoms. The summed E-state index contributed by atoms with van der Waals surface area (Å²) in [6, 6.07) is 12.1. The van der Waals surface area contributed by atoms with Crippen molar-refractivity contribution < 1.29 is 18.7 Å². The Morgan fingerprint density at radius 1 is 1.22 bits per heavy atom. The van der Waals surface area contributed by atoms with Crippen molar-refractivity contribution in [1.29, 1.82) is 0 Å². The van der Waals surface area contributed by atoms with E-state index in [4.69, 9.17) is 9.15 Å². The lowest BCUT2D eigenvalue weighted by atomic mass is 9.97. The van der Waals surface area contributed by atoms with Crippen molar-refractivity contribution in [3.8, 4) is 0 Å². The molecule has 0 N–H and O–H groups in total. The third-order valence-electron chi connectivity index (χ3n) is 5.28. The van der Waals surface area contributed by atoms with Crippen molar-refractivity contribution in [1.82, 2.24) is 4.90 Å². The fourth-order valence-corrected chi connectivity index (χ4v) is 3.94. The average molecular weight is 365 g/mol. The van der Waals surface area contributed by atoms with Gasteiger partial charge in [-0.05, 0) is 36.6 Å². The molecule has 0 radical (unpaired) electrons. The van der Waals surface area contributed by atoms with Crippen LogP contribution in [0.4, 0.5) is 0 Å². The molecule has 4 rings (SSSR count). The molecular formula is C22H23NO4. The Labute approximate surface area is 157 Å². The van der Waals surface area contributed by atoms with Crippen LogP contribution in [0.2, 0.25) is 0 Å². The highest BCUT2D eigenvalue weighted by Crippen LogP contribution is 2.30. The minimum atomic E-state index is -0.218. The number of benzene rings is 2. The van der Waals surface area contributed by atoms with Crippen LogP contribution in [0.15, 0.2) is 47.1 Å². The number of hydrogen-bond acceptors (Lipinski definition) is 4. The van der Waals surface area contributed by atoms with Crippen molar-refractivity contribution in [3.63, 3.8) is 0 Å². The first kappa shape index (κ1) is 17.6. The lowest BCUT2D eigenvalue weighted by Crippen LogP contribution is -2.43. The number of likely N-dealkylation sites (tertiary alicyclic amines) is 1. The normalized spacial score (nSPS) is 17.4. The maximum Gasteiger partial charge on any atom is 0.310 e. The molecule has 1 amide bonds. The smallest absolute Gasteiger partial charge is 0.310 e. The minimum absolute atomic E-state index is 0.0274. The van der Waals surface area contributed by atoms with Gasteiger partial charge in [-0.15, -0.1) is 0 Å². The van der Waals surface area contributed by atoms with Gasteiger partial charge < -0.3 is 14.1 Å². The number of esters is 1. The van der Waals surface area contributed by atoms with E-state index in [2.05, 4.69) is 12.1 Å². The molecule has 5 heteroatoms. The van der Waals surface area contributed by atoms with Gasteiger partial charge in [-0.3, -0.25) is 9.59 Å². The number of rotatable bonds is 4. The average Bonchev–Trinajstić information content (AvgIpc) is 3.11. The Bertz CT molecular complexity index is 990. The van der Waals surface area contributed by atoms with Gasteiger partial charge >= 0.3 is 5.97 Å². The summed E-state index contributed by atoms with van der Waals surface area (Å²) in [5.74, 6) is -0.390. The van der Waals surface area contributed by atoms with Gasteiger partial charge in [-0.25, -0.2) is 0 Å². The number of ether oxygens (including phenoxy) is 1. The molecule has 1 aliphatic heterocycles. The van der Waals surface area contributed by atoms with Crippen LogP contribution in [0.1, 0.15) is 25.3 Å². The Hall–Kier alpha value is -2.82. The van der Waals surface area contributed by atoms with Crippen molar-refractivity contribution >= 4 is 33.6 Å². The number of amides is 1. The van der Waals surface area contributed by atoms with E-state index in [-0.39, 0.29) is 24.2 Å². The van der Waals surface area contributed by atoms with Crippen LogP contribution >= 0.6 is 0 Å². The molecule has 27 heavy (non-hydrogen) atoms. The summed E-state index contributed by atoms with van der Waals surface area (Å²) >= 11 is 0. The summed E-state index contributed by atoms with van der Waals surface area (Å²) in [4.78, 5) is 26.7. The number of piperidine rings is 1. The van der Waals surface area contributed by atoms with Crippen molar-refractivity contribution in [2.24, 2.45) is 5.92 Å². The molecule has 140 valence electrons. The zero-order valence-corrected chi connectivity index (χ0v) is 15.4. The third kappa shape index (κ3) is 3.42. The molecule has 1 fully saturated rings. The maximum atomic E-state index is 12.9. The highest BCUT2D eigenvalue weighted by atomic mass is 16.5. The van der Waals surface area contributed by atoms with Crippen LogP contribution in [-0.4, -0.2) is 36.5 Å². The molecule has 0 saturated carbocycles. The second-order valence-corrected chi connectivity index (χ2v) is 7.03. The molecule has 0 aliphatic carbocycles. The minimum Gasteiger partial charge on any atom is -0.466 e. The molecule has 5 nitrogen and oxygen atoms in total. The van der Waals surface area contributed by atoms with E-state index >= 15 is 0 Å². The Morgan fingerprint density at radius 3 is 2.93 bits per heavy atom. The molecule has 3 aromatic rings. The molecular weight excluding hydrogens is 342 g/mol. The molecule has 1 atom stereocenters. The third-order valence-corrected chi connectivity index (χ3v) is 5.28. The lowest BCUT2D eigenvalue weighted by molar-refractivity contribution is -0.151. The quantitative estimate of drug-likeness (QED) is 0.657. The summed E-state index contributed by atoms with van der Waals surface area (Å²) in [7, 11) is 0. The van der Waals surface area contributed by atoms with Gasteiger partial charge in [0, 0.05) is 24.0 Å². The van der Waals surface area contributed by atoms with E-state index in [9.17, 15) is 9.59 Å². The fourth-order valence-electron chi connectivity index (χ4n) is 3.94. The van der Waals surface area contributed by atoms with Crippen LogP contribution in [0.3, 0.4) is 0 Å². The number of fused-ring (bicyclic) bond motifs is 3. The first-order valence-electron chi connectivity index (χ1n) is 9.49. The van der Waals surface area contributed by atoms with E-state index in [1.807, 2.05) is 24.3 Å². The summed E-state index contributed by atoms with van der Waals surface area (Å²) in [6.45, 7) is 3.30. The van der Waals surface area contributed by atoms with Gasteiger partial charge in [0.05, 0.1) is 25.2 Å². The molecule has 2 aromatic carbocycles. The largest absolute Gasteiger partial charge is 0.466 e. The highest BCUT2D eigenvalue weighted by molar-refractivity contribution is 6.08. The first-order chi connectivity index (χ1) is 13.2. The Morgan fingerprint density at radius 2 is 2.07 bits per heavy atom. The Kier molecular flexibility index (Phi) is 4.84. The van der Waals surface area contributed by atoms with E-state index in [0.29, 0.717) is 19.7 Å². The molecule has 0 unspecified atom stereocenters.